The van der Waals surface area contributed by atoms with Crippen molar-refractivity contribution >= 4 is 50.0 Å². The van der Waals surface area contributed by atoms with Crippen molar-refractivity contribution < 1.29 is 27.8 Å². The number of benzene rings is 1. The molecule has 2 N–H and O–H groups in total. The number of aromatic nitrogens is 2. The lowest BCUT2D eigenvalue weighted by Crippen LogP contribution is -2.56. The highest BCUT2D eigenvalue weighted by atomic mass is 32.1. The van der Waals surface area contributed by atoms with Crippen molar-refractivity contribution in [1.82, 2.24) is 14.9 Å². The Hall–Kier alpha value is -3.06. The van der Waals surface area contributed by atoms with Crippen LogP contribution in [0.4, 0.5) is 18.7 Å². The molecule has 2 unspecified atom stereocenters. The summed E-state index contributed by atoms with van der Waals surface area (Å²) in [4.78, 5) is 37.0. The summed E-state index contributed by atoms with van der Waals surface area (Å²) in [6.07, 6.45) is -1.16. The van der Waals surface area contributed by atoms with Gasteiger partial charge < -0.3 is 20.1 Å². The maximum absolute atomic E-state index is 14.1. The Labute approximate surface area is 213 Å². The number of carbonyl (C=O) groups excluding carboxylic acids is 2. The number of hydrogen-bond acceptors (Lipinski definition) is 9. The molecule has 2 bridgehead atoms. The maximum Gasteiger partial charge on any atom is 0.482 e. The largest absolute Gasteiger partial charge is 0.482 e. The monoisotopic (exact) mass is 537 g/mol. The van der Waals surface area contributed by atoms with Gasteiger partial charge in [0.1, 0.15) is 16.4 Å². The first-order valence-corrected chi connectivity index (χ1v) is 13.1. The molecule has 36 heavy (non-hydrogen) atoms. The highest BCUT2D eigenvalue weighted by molar-refractivity contribution is 7.22. The number of primary amides is 1. The molecule has 192 valence electrons. The van der Waals surface area contributed by atoms with Gasteiger partial charge in [-0.05, 0) is 45.7 Å². The smallest absolute Gasteiger partial charge is 0.444 e. The van der Waals surface area contributed by atoms with E-state index in [0.29, 0.717) is 39.0 Å². The lowest BCUT2D eigenvalue weighted by atomic mass is 10.2. The van der Waals surface area contributed by atoms with Gasteiger partial charge in [-0.2, -0.15) is 8.78 Å². The van der Waals surface area contributed by atoms with Crippen LogP contribution in [0, 0.1) is 0 Å². The number of hydrogen-bond donors (Lipinski definition) is 1. The number of halogens is 2. The number of ether oxygens (including phenoxy) is 2. The van der Waals surface area contributed by atoms with E-state index in [1.807, 2.05) is 31.1 Å². The number of anilines is 1. The molecule has 9 nitrogen and oxygen atoms in total. The molecule has 2 fully saturated rings. The van der Waals surface area contributed by atoms with Crippen LogP contribution in [-0.2, 0) is 9.53 Å². The van der Waals surface area contributed by atoms with Crippen LogP contribution in [0.2, 0.25) is 0 Å². The molecule has 0 saturated carbocycles. The van der Waals surface area contributed by atoms with Gasteiger partial charge in [-0.1, -0.05) is 11.3 Å². The molecule has 2 saturated heterocycles. The van der Waals surface area contributed by atoms with Crippen molar-refractivity contribution in [3.8, 4) is 16.3 Å². The number of rotatable bonds is 5. The zero-order chi connectivity index (χ0) is 25.8. The van der Waals surface area contributed by atoms with E-state index in [0.717, 1.165) is 12.8 Å². The lowest BCUT2D eigenvalue weighted by Gasteiger charge is -2.41. The van der Waals surface area contributed by atoms with E-state index in [9.17, 15) is 18.4 Å². The number of piperazine rings is 1. The normalized spacial score (nSPS) is 20.1. The number of thiazole rings is 2. The molecule has 2 aromatic heterocycles. The van der Waals surface area contributed by atoms with Gasteiger partial charge in [0, 0.05) is 30.2 Å². The second-order valence-corrected chi connectivity index (χ2v) is 11.7. The molecule has 4 heterocycles. The van der Waals surface area contributed by atoms with Crippen LogP contribution in [0.5, 0.6) is 5.75 Å². The Kier molecular flexibility index (Phi) is 6.02. The van der Waals surface area contributed by atoms with Gasteiger partial charge in [-0.15, -0.1) is 11.3 Å². The van der Waals surface area contributed by atoms with Crippen molar-refractivity contribution in [2.75, 3.05) is 18.0 Å². The SMILES string of the molecule is CC(C)(C)OC(=O)N1C2CCC1CN(c1nc3c(-c4nccs4)ccc(OC(F)(F)C(N)=O)c3s1)C2. The minimum atomic E-state index is -4.17. The quantitative estimate of drug-likeness (QED) is 0.511. The average Bonchev–Trinajstić information content (AvgIpc) is 3.51. The van der Waals surface area contributed by atoms with E-state index in [1.54, 1.807) is 12.3 Å². The highest BCUT2D eigenvalue weighted by Gasteiger charge is 2.45. The molecular weight excluding hydrogens is 512 g/mol. The molecular formula is C23H25F2N5O4S2. The molecule has 2 aliphatic rings. The van der Waals surface area contributed by atoms with Gasteiger partial charge >= 0.3 is 18.1 Å². The Balaban J connectivity index is 1.49. The third-order valence-electron chi connectivity index (χ3n) is 6.04. The minimum Gasteiger partial charge on any atom is -0.444 e. The summed E-state index contributed by atoms with van der Waals surface area (Å²) in [7, 11) is 0. The predicted octanol–water partition coefficient (Wildman–Crippen LogP) is 4.46. The van der Waals surface area contributed by atoms with Crippen molar-refractivity contribution in [2.45, 2.75) is 57.4 Å². The van der Waals surface area contributed by atoms with E-state index in [-0.39, 0.29) is 23.9 Å². The van der Waals surface area contributed by atoms with Gasteiger partial charge in [0.25, 0.3) is 0 Å². The molecule has 2 atom stereocenters. The number of alkyl halides is 2. The van der Waals surface area contributed by atoms with Gasteiger partial charge in [0.15, 0.2) is 5.13 Å². The third kappa shape index (κ3) is 4.57. The van der Waals surface area contributed by atoms with Crippen molar-refractivity contribution in [3.63, 3.8) is 0 Å². The lowest BCUT2D eigenvalue weighted by molar-refractivity contribution is -0.188. The van der Waals surface area contributed by atoms with Crippen molar-refractivity contribution in [2.24, 2.45) is 5.73 Å². The van der Waals surface area contributed by atoms with Crippen LogP contribution in [-0.4, -0.2) is 63.8 Å². The zero-order valence-electron chi connectivity index (χ0n) is 19.9. The summed E-state index contributed by atoms with van der Waals surface area (Å²) in [5.41, 5.74) is 5.35. The van der Waals surface area contributed by atoms with E-state index < -0.39 is 17.6 Å². The van der Waals surface area contributed by atoms with E-state index in [4.69, 9.17) is 20.2 Å². The van der Waals surface area contributed by atoms with E-state index >= 15 is 0 Å². The summed E-state index contributed by atoms with van der Waals surface area (Å²) in [5, 5.41) is 3.11. The first kappa shape index (κ1) is 24.6. The number of amides is 2. The second kappa shape index (κ2) is 8.80. The maximum atomic E-state index is 14.1. The molecule has 0 aliphatic carbocycles. The summed E-state index contributed by atoms with van der Waals surface area (Å²) in [6.45, 7) is 6.59. The summed E-state index contributed by atoms with van der Waals surface area (Å²) in [6, 6.07) is 2.89. The first-order valence-electron chi connectivity index (χ1n) is 11.4. The molecule has 2 aliphatic heterocycles. The topological polar surface area (TPSA) is 111 Å². The van der Waals surface area contributed by atoms with Gasteiger partial charge in [0.05, 0.1) is 22.3 Å². The number of nitrogens with two attached hydrogens (primary N) is 1. The van der Waals surface area contributed by atoms with Crippen LogP contribution >= 0.6 is 22.7 Å². The molecule has 1 aromatic carbocycles. The fourth-order valence-corrected chi connectivity index (χ4v) is 6.30. The summed E-state index contributed by atoms with van der Waals surface area (Å²) < 4.78 is 38.8. The zero-order valence-corrected chi connectivity index (χ0v) is 21.5. The number of carbonyl (C=O) groups is 2. The standard InChI is InChI=1S/C23H25F2N5O4S2/c1-22(2,3)34-21(32)30-12-4-5-13(30)11-29(10-12)20-28-16-14(18-27-8-9-35-18)6-7-15(17(16)36-20)33-23(24,25)19(26)31/h6-9,12-13H,4-5,10-11H2,1-3H3,(H2,26,31). The fraction of sp³-hybridized carbons (Fsp3) is 0.478. The molecule has 2 amide bonds. The highest BCUT2D eigenvalue weighted by Crippen LogP contribution is 2.44. The average molecular weight is 538 g/mol. The van der Waals surface area contributed by atoms with E-state index in [2.05, 4.69) is 9.88 Å². The van der Waals surface area contributed by atoms with Crippen molar-refractivity contribution in [1.29, 1.82) is 0 Å². The number of fused-ring (bicyclic) bond motifs is 3. The molecule has 13 heteroatoms. The molecule has 5 rings (SSSR count). The third-order valence-corrected chi connectivity index (χ3v) is 7.98. The van der Waals surface area contributed by atoms with Crippen molar-refractivity contribution in [3.05, 3.63) is 23.7 Å². The van der Waals surface area contributed by atoms with Crippen LogP contribution in [0.3, 0.4) is 0 Å². The minimum absolute atomic E-state index is 0.0426. The Morgan fingerprint density at radius 1 is 1.17 bits per heavy atom. The van der Waals surface area contributed by atoms with Crippen LogP contribution in [0.25, 0.3) is 20.8 Å². The van der Waals surface area contributed by atoms with Gasteiger partial charge in [-0.25, -0.2) is 14.8 Å². The first-order chi connectivity index (χ1) is 16.9. The van der Waals surface area contributed by atoms with Gasteiger partial charge in [-0.3, -0.25) is 9.69 Å². The van der Waals surface area contributed by atoms with E-state index in [1.165, 1.54) is 28.7 Å². The molecule has 0 spiro atoms. The second-order valence-electron chi connectivity index (χ2n) is 9.78. The summed E-state index contributed by atoms with van der Waals surface area (Å²) >= 11 is 2.59. The summed E-state index contributed by atoms with van der Waals surface area (Å²) in [5.74, 6) is -2.06. The predicted molar refractivity (Wildman–Crippen MR) is 133 cm³/mol. The van der Waals surface area contributed by atoms with Crippen LogP contribution < -0.4 is 15.4 Å². The van der Waals surface area contributed by atoms with Crippen LogP contribution in [0.15, 0.2) is 23.7 Å². The van der Waals surface area contributed by atoms with Crippen LogP contribution in [0.1, 0.15) is 33.6 Å². The Morgan fingerprint density at radius 3 is 2.44 bits per heavy atom. The molecule has 3 aromatic rings. The Bertz CT molecular complexity index is 1290. The fourth-order valence-electron chi connectivity index (χ4n) is 4.58. The molecule has 0 radical (unpaired) electrons. The Morgan fingerprint density at radius 2 is 1.86 bits per heavy atom. The number of nitrogens with zero attached hydrogens (tertiary/aromatic N) is 4. The van der Waals surface area contributed by atoms with Gasteiger partial charge in [0.2, 0.25) is 0 Å².